The third-order valence-corrected chi connectivity index (χ3v) is 13.0. The molecule has 3 aliphatic rings. The summed E-state index contributed by atoms with van der Waals surface area (Å²) in [5.41, 5.74) is -1.92. The van der Waals surface area contributed by atoms with Crippen molar-refractivity contribution in [1.29, 1.82) is 0 Å². The van der Waals surface area contributed by atoms with Crippen LogP contribution in [0, 0.1) is 35.2 Å². The topological polar surface area (TPSA) is 130 Å². The van der Waals surface area contributed by atoms with E-state index in [9.17, 15) is 39.9 Å². The maximum absolute atomic E-state index is 13.8. The molecule has 2 aromatic carbocycles. The summed E-state index contributed by atoms with van der Waals surface area (Å²) in [6.07, 6.45) is 1.83. The van der Waals surface area contributed by atoms with Crippen molar-refractivity contribution in [1.82, 2.24) is 4.72 Å². The molecule has 2 bridgehead atoms. The van der Waals surface area contributed by atoms with Crippen molar-refractivity contribution in [3.8, 4) is 0 Å². The van der Waals surface area contributed by atoms with E-state index in [-0.39, 0.29) is 46.5 Å². The molecule has 3 unspecified atom stereocenters. The molecule has 5 rings (SSSR count). The first-order valence-electron chi connectivity index (χ1n) is 12.8. The van der Waals surface area contributed by atoms with E-state index in [0.717, 1.165) is 6.07 Å². The predicted molar refractivity (Wildman–Crippen MR) is 142 cm³/mol. The molecule has 2 aromatic rings. The Morgan fingerprint density at radius 3 is 2.27 bits per heavy atom. The Morgan fingerprint density at radius 2 is 1.68 bits per heavy atom. The number of anilines is 1. The molecular weight excluding hydrogens is 593 g/mol. The highest BCUT2D eigenvalue weighted by Gasteiger charge is 2.59. The van der Waals surface area contributed by atoms with Crippen molar-refractivity contribution in [3.05, 3.63) is 58.4 Å². The quantitative estimate of drug-likeness (QED) is 0.382. The minimum atomic E-state index is -4.12. The molecule has 0 aromatic heterocycles. The minimum absolute atomic E-state index is 0.0512. The Kier molecular flexibility index (Phi) is 7.52. The molecule has 0 radical (unpaired) electrons. The van der Waals surface area contributed by atoms with Crippen molar-refractivity contribution in [2.45, 2.75) is 60.0 Å². The summed E-state index contributed by atoms with van der Waals surface area (Å²) in [7, 11) is -7.66. The number of rotatable bonds is 8. The van der Waals surface area contributed by atoms with E-state index in [0.29, 0.717) is 31.4 Å². The Morgan fingerprint density at radius 1 is 1.02 bits per heavy atom. The standard InChI is InChI=1S/C26H28ClF3N2O6S2/c1-13-6-15-8-18(11-19(13)26(15,34)12-31-40(37,38)17-3-4-17)39(35,36)23-7-14(2-5-20(23)27)25(33)32-16-9-21(28)24(30)22(29)10-16/h2,5,7,9-10,13,15,17-19,31,34H,3-4,6,8,11-12H2,1H3,(H,32,33)/t13-,15?,18?,19?,26+/m0/s1. The van der Waals surface area contributed by atoms with E-state index in [1.807, 2.05) is 6.92 Å². The summed E-state index contributed by atoms with van der Waals surface area (Å²) in [5.74, 6) is -6.61. The third kappa shape index (κ3) is 5.26. The second-order valence-electron chi connectivity index (χ2n) is 11.1. The predicted octanol–water partition coefficient (Wildman–Crippen LogP) is 4.03. The summed E-state index contributed by atoms with van der Waals surface area (Å²) in [6.45, 7) is 1.72. The van der Waals surface area contributed by atoms with Gasteiger partial charge in [-0.1, -0.05) is 18.5 Å². The number of halogens is 4. The second kappa shape index (κ2) is 10.3. The van der Waals surface area contributed by atoms with Gasteiger partial charge in [0.1, 0.15) is 0 Å². The van der Waals surface area contributed by atoms with Gasteiger partial charge in [0.25, 0.3) is 5.91 Å². The van der Waals surface area contributed by atoms with Gasteiger partial charge in [0.2, 0.25) is 10.0 Å². The maximum atomic E-state index is 13.8. The molecule has 0 saturated heterocycles. The summed E-state index contributed by atoms with van der Waals surface area (Å²) in [5, 5.41) is 12.2. The number of nitrogens with one attached hydrogen (secondary N) is 2. The molecule has 3 N–H and O–H groups in total. The fraction of sp³-hybridized carbons (Fsp3) is 0.500. The van der Waals surface area contributed by atoms with E-state index < -0.39 is 71.2 Å². The van der Waals surface area contributed by atoms with E-state index in [1.165, 1.54) is 12.1 Å². The molecule has 0 heterocycles. The SMILES string of the molecule is C[C@H]1CC2CC(S(=O)(=O)c3cc(C(=O)Nc4cc(F)c(F)c(F)c4)ccc3Cl)CC1[C@@]2(O)CNS(=O)(=O)C1CC1. The number of hydrogen-bond donors (Lipinski definition) is 3. The monoisotopic (exact) mass is 620 g/mol. The van der Waals surface area contributed by atoms with Crippen molar-refractivity contribution >= 4 is 43.1 Å². The lowest BCUT2D eigenvalue weighted by Gasteiger charge is -2.43. The van der Waals surface area contributed by atoms with Crippen LogP contribution in [-0.4, -0.2) is 50.5 Å². The fourth-order valence-corrected chi connectivity index (χ4v) is 9.96. The van der Waals surface area contributed by atoms with Gasteiger partial charge in [0.05, 0.1) is 26.0 Å². The summed E-state index contributed by atoms with van der Waals surface area (Å²) in [6, 6.07) is 4.71. The van der Waals surface area contributed by atoms with Crippen LogP contribution in [-0.2, 0) is 19.9 Å². The summed E-state index contributed by atoms with van der Waals surface area (Å²) < 4.78 is 95.2. The summed E-state index contributed by atoms with van der Waals surface area (Å²) in [4.78, 5) is 12.4. The average Bonchev–Trinajstić information content (AvgIpc) is 3.72. The number of benzene rings is 2. The van der Waals surface area contributed by atoms with Gasteiger partial charge in [0, 0.05) is 29.9 Å². The van der Waals surface area contributed by atoms with E-state index >= 15 is 0 Å². The van der Waals surface area contributed by atoms with Crippen molar-refractivity contribution in [2.24, 2.45) is 17.8 Å². The number of aliphatic hydroxyl groups is 1. The van der Waals surface area contributed by atoms with Crippen LogP contribution in [0.15, 0.2) is 35.2 Å². The largest absolute Gasteiger partial charge is 0.388 e. The Hall–Kier alpha value is -2.19. The highest BCUT2D eigenvalue weighted by molar-refractivity contribution is 7.92. The first kappa shape index (κ1) is 29.3. The van der Waals surface area contributed by atoms with Crippen LogP contribution in [0.4, 0.5) is 18.9 Å². The normalized spacial score (nSPS) is 28.4. The van der Waals surface area contributed by atoms with Crippen LogP contribution >= 0.6 is 11.6 Å². The zero-order valence-electron chi connectivity index (χ0n) is 21.3. The Balaban J connectivity index is 1.36. The third-order valence-electron chi connectivity index (χ3n) is 8.46. The molecule has 3 saturated carbocycles. The highest BCUT2D eigenvalue weighted by Crippen LogP contribution is 2.54. The van der Waals surface area contributed by atoms with E-state index in [1.54, 1.807) is 0 Å². The molecule has 14 heteroatoms. The number of carbonyl (C=O) groups is 1. The number of amides is 1. The van der Waals surface area contributed by atoms with Gasteiger partial charge in [-0.2, -0.15) is 0 Å². The average molecular weight is 621 g/mol. The fourth-order valence-electron chi connectivity index (χ4n) is 6.16. The van der Waals surface area contributed by atoms with Gasteiger partial charge in [-0.3, -0.25) is 4.79 Å². The van der Waals surface area contributed by atoms with Crippen LogP contribution in [0.5, 0.6) is 0 Å². The van der Waals surface area contributed by atoms with Crippen molar-refractivity contribution < 1.29 is 39.9 Å². The van der Waals surface area contributed by atoms with Gasteiger partial charge in [-0.15, -0.1) is 0 Å². The molecule has 8 nitrogen and oxygen atoms in total. The van der Waals surface area contributed by atoms with Crippen LogP contribution < -0.4 is 10.0 Å². The number of sulfonamides is 1. The molecule has 40 heavy (non-hydrogen) atoms. The molecule has 3 aliphatic carbocycles. The van der Waals surface area contributed by atoms with Gasteiger partial charge >= 0.3 is 0 Å². The maximum Gasteiger partial charge on any atom is 0.255 e. The van der Waals surface area contributed by atoms with Crippen LogP contribution in [0.1, 0.15) is 49.4 Å². The lowest BCUT2D eigenvalue weighted by molar-refractivity contribution is -0.0577. The zero-order valence-corrected chi connectivity index (χ0v) is 23.7. The second-order valence-corrected chi connectivity index (χ2v) is 15.7. The molecule has 3 fully saturated rings. The van der Waals surface area contributed by atoms with Gasteiger partial charge < -0.3 is 10.4 Å². The summed E-state index contributed by atoms with van der Waals surface area (Å²) >= 11 is 6.25. The van der Waals surface area contributed by atoms with Crippen molar-refractivity contribution in [2.75, 3.05) is 11.9 Å². The Labute approximate surface area is 235 Å². The van der Waals surface area contributed by atoms with E-state index in [4.69, 9.17) is 11.6 Å². The first-order valence-corrected chi connectivity index (χ1v) is 16.3. The van der Waals surface area contributed by atoms with Crippen LogP contribution in [0.25, 0.3) is 0 Å². The molecule has 0 spiro atoms. The number of carbonyl (C=O) groups excluding carboxylic acids is 1. The number of sulfone groups is 1. The molecule has 218 valence electrons. The van der Waals surface area contributed by atoms with Crippen LogP contribution in [0.3, 0.4) is 0 Å². The zero-order chi connectivity index (χ0) is 29.2. The lowest BCUT2D eigenvalue weighted by Crippen LogP contribution is -2.55. The lowest BCUT2D eigenvalue weighted by atomic mass is 9.73. The Bertz CT molecular complexity index is 1560. The number of hydrogen-bond acceptors (Lipinski definition) is 6. The van der Waals surface area contributed by atoms with Gasteiger partial charge in [0.15, 0.2) is 27.3 Å². The van der Waals surface area contributed by atoms with Gasteiger partial charge in [-0.05, 0) is 68.1 Å². The molecule has 1 amide bonds. The molecule has 0 aliphatic heterocycles. The molecule has 5 atom stereocenters. The number of fused-ring (bicyclic) bond motifs is 2. The minimum Gasteiger partial charge on any atom is -0.388 e. The van der Waals surface area contributed by atoms with E-state index in [2.05, 4.69) is 10.0 Å². The van der Waals surface area contributed by atoms with Crippen molar-refractivity contribution in [3.63, 3.8) is 0 Å². The highest BCUT2D eigenvalue weighted by atomic mass is 35.5. The molecular formula is C26H28ClF3N2O6S2. The van der Waals surface area contributed by atoms with Crippen LogP contribution in [0.2, 0.25) is 5.02 Å². The van der Waals surface area contributed by atoms with Gasteiger partial charge in [-0.25, -0.2) is 34.7 Å². The smallest absolute Gasteiger partial charge is 0.255 e. The first-order chi connectivity index (χ1) is 18.6.